The number of allylic oxidation sites excluding steroid dienone is 10. The summed E-state index contributed by atoms with van der Waals surface area (Å²) in [5.41, 5.74) is 0. The maximum Gasteiger partial charge on any atom is 0.306 e. The van der Waals surface area contributed by atoms with E-state index in [4.69, 9.17) is 18.9 Å². The van der Waals surface area contributed by atoms with Crippen LogP contribution in [0.25, 0.3) is 0 Å². The summed E-state index contributed by atoms with van der Waals surface area (Å²) in [5, 5.41) is 31.0. The van der Waals surface area contributed by atoms with Crippen LogP contribution in [0.3, 0.4) is 0 Å². The normalized spacial score (nSPS) is 19.9. The molecule has 0 saturated carbocycles. The highest BCUT2D eigenvalue weighted by Crippen LogP contribution is 2.24. The van der Waals surface area contributed by atoms with Crippen LogP contribution in [0.4, 0.5) is 0 Å². The minimum absolute atomic E-state index is 0.134. The number of unbranched alkanes of at least 4 members (excludes halogenated alkanes) is 21. The second kappa shape index (κ2) is 42.5. The van der Waals surface area contributed by atoms with E-state index >= 15 is 0 Å². The predicted molar refractivity (Wildman–Crippen MR) is 265 cm³/mol. The first-order valence-corrected chi connectivity index (χ1v) is 27.5. The first kappa shape index (κ1) is 61.4. The van der Waals surface area contributed by atoms with E-state index in [0.717, 1.165) is 70.6 Å². The van der Waals surface area contributed by atoms with E-state index in [0.29, 0.717) is 12.8 Å². The molecular formula is C53H92O12S. The van der Waals surface area contributed by atoms with Gasteiger partial charge in [-0.2, -0.15) is 8.42 Å². The van der Waals surface area contributed by atoms with Gasteiger partial charge in [-0.3, -0.25) is 14.1 Å². The zero-order chi connectivity index (χ0) is 48.4. The van der Waals surface area contributed by atoms with Gasteiger partial charge in [-0.1, -0.05) is 177 Å². The van der Waals surface area contributed by atoms with E-state index < -0.39 is 71.2 Å². The lowest BCUT2D eigenvalue weighted by Crippen LogP contribution is -2.60. The molecule has 6 unspecified atom stereocenters. The zero-order valence-electron chi connectivity index (χ0n) is 41.0. The van der Waals surface area contributed by atoms with Crippen molar-refractivity contribution in [2.45, 2.75) is 243 Å². The third-order valence-electron chi connectivity index (χ3n) is 11.6. The summed E-state index contributed by atoms with van der Waals surface area (Å²) < 4.78 is 54.2. The third kappa shape index (κ3) is 36.4. The average molecular weight is 953 g/mol. The molecule has 1 aliphatic heterocycles. The fourth-order valence-electron chi connectivity index (χ4n) is 7.60. The van der Waals surface area contributed by atoms with Crippen molar-refractivity contribution in [3.8, 4) is 0 Å². The van der Waals surface area contributed by atoms with Crippen molar-refractivity contribution in [2.75, 3.05) is 19.0 Å². The van der Waals surface area contributed by atoms with Gasteiger partial charge < -0.3 is 34.3 Å². The third-order valence-corrected chi connectivity index (χ3v) is 12.3. The number of aliphatic hydroxyl groups is 3. The largest absolute Gasteiger partial charge is 0.462 e. The molecule has 1 aliphatic rings. The molecule has 1 saturated heterocycles. The Kier molecular flexibility index (Phi) is 39.5. The SMILES string of the molecule is CC/C=C\C/C=C\C/C=C\C/C=C\CCCCCCC(=O)OC(COC(=O)CCCCCCCCCCC/C=C\CCCCCCCCCC)COC1OC(CS(=O)(=O)O)C(O)C(O)C1O. The standard InChI is InChI=1S/C53H92O12S/c1-3-5-7-9-11-13-15-17-19-21-22-23-24-26-27-29-31-33-35-37-39-41-48(54)62-43-46(44-63-53-52(58)51(57)50(56)47(65-53)45-66(59,60)61)64-49(55)42-40-38-36-34-32-30-28-25-20-18-16-14-12-10-8-6-4-2/h6,8,12,14,18,20-22,28,30,46-47,50-53,56-58H,3-5,7,9-11,13,15-17,19,23-27,29,31-45H2,1-2H3,(H,59,60,61)/b8-6-,14-12-,20-18-,22-21-,30-28-. The molecule has 12 nitrogen and oxygen atoms in total. The minimum Gasteiger partial charge on any atom is -0.462 e. The van der Waals surface area contributed by atoms with Gasteiger partial charge in [0, 0.05) is 12.8 Å². The molecule has 66 heavy (non-hydrogen) atoms. The van der Waals surface area contributed by atoms with Crippen LogP contribution in [-0.4, -0.2) is 96.0 Å². The Morgan fingerprint density at radius 1 is 0.530 bits per heavy atom. The van der Waals surface area contributed by atoms with E-state index in [-0.39, 0.29) is 19.4 Å². The molecule has 0 spiro atoms. The number of esters is 2. The smallest absolute Gasteiger partial charge is 0.306 e. The van der Waals surface area contributed by atoms with Crippen LogP contribution >= 0.6 is 0 Å². The second-order valence-corrected chi connectivity index (χ2v) is 19.3. The maximum atomic E-state index is 12.9. The molecule has 382 valence electrons. The topological polar surface area (TPSA) is 186 Å². The van der Waals surface area contributed by atoms with Gasteiger partial charge in [-0.15, -0.1) is 0 Å². The van der Waals surface area contributed by atoms with Crippen LogP contribution in [0.1, 0.15) is 206 Å². The molecule has 1 rings (SSSR count). The van der Waals surface area contributed by atoms with Gasteiger partial charge in [0.2, 0.25) is 0 Å². The van der Waals surface area contributed by atoms with Crippen molar-refractivity contribution < 1.29 is 56.8 Å². The fraction of sp³-hybridized carbons (Fsp3) is 0.774. The van der Waals surface area contributed by atoms with Crippen molar-refractivity contribution in [3.63, 3.8) is 0 Å². The average Bonchev–Trinajstić information content (AvgIpc) is 3.28. The second-order valence-electron chi connectivity index (χ2n) is 17.8. The number of hydrogen-bond acceptors (Lipinski definition) is 11. The van der Waals surface area contributed by atoms with Crippen LogP contribution in [0, 0.1) is 0 Å². The van der Waals surface area contributed by atoms with E-state index in [2.05, 4.69) is 74.6 Å². The quantitative estimate of drug-likeness (QED) is 0.0196. The Labute approximate surface area is 400 Å². The van der Waals surface area contributed by atoms with E-state index in [1.54, 1.807) is 0 Å². The number of aliphatic hydroxyl groups excluding tert-OH is 3. The first-order valence-electron chi connectivity index (χ1n) is 25.8. The molecule has 0 amide bonds. The van der Waals surface area contributed by atoms with E-state index in [1.807, 2.05) is 0 Å². The fourth-order valence-corrected chi connectivity index (χ4v) is 8.30. The number of carbonyl (C=O) groups is 2. The molecule has 0 radical (unpaired) electrons. The molecule has 6 atom stereocenters. The molecule has 0 aromatic rings. The predicted octanol–water partition coefficient (Wildman–Crippen LogP) is 11.7. The number of carbonyl (C=O) groups excluding carboxylic acids is 2. The molecule has 0 aromatic carbocycles. The van der Waals surface area contributed by atoms with Gasteiger partial charge in [0.05, 0.1) is 6.61 Å². The Bertz CT molecular complexity index is 1440. The summed E-state index contributed by atoms with van der Waals surface area (Å²) >= 11 is 0. The van der Waals surface area contributed by atoms with E-state index in [1.165, 1.54) is 96.3 Å². The van der Waals surface area contributed by atoms with Crippen LogP contribution < -0.4 is 0 Å². The Morgan fingerprint density at radius 2 is 0.955 bits per heavy atom. The molecule has 4 N–H and O–H groups in total. The summed E-state index contributed by atoms with van der Waals surface area (Å²) in [6.45, 7) is 3.64. The lowest BCUT2D eigenvalue weighted by atomic mass is 10.00. The molecule has 0 bridgehead atoms. The number of hydrogen-bond donors (Lipinski definition) is 4. The van der Waals surface area contributed by atoms with Gasteiger partial charge in [0.1, 0.15) is 36.8 Å². The first-order chi connectivity index (χ1) is 32.0. The van der Waals surface area contributed by atoms with Crippen molar-refractivity contribution in [1.29, 1.82) is 0 Å². The molecule has 13 heteroatoms. The maximum absolute atomic E-state index is 12.9. The summed E-state index contributed by atoms with van der Waals surface area (Å²) in [6, 6.07) is 0. The number of rotatable bonds is 43. The minimum atomic E-state index is -4.61. The van der Waals surface area contributed by atoms with Crippen LogP contribution in [0.2, 0.25) is 0 Å². The van der Waals surface area contributed by atoms with Crippen LogP contribution in [0.15, 0.2) is 60.8 Å². The summed E-state index contributed by atoms with van der Waals surface area (Å²) in [7, 11) is -4.61. The summed E-state index contributed by atoms with van der Waals surface area (Å²) in [6.07, 6.45) is 44.0. The molecule has 1 fully saturated rings. The Balaban J connectivity index is 2.38. The molecule has 0 aromatic heterocycles. The zero-order valence-corrected chi connectivity index (χ0v) is 41.9. The van der Waals surface area contributed by atoms with Gasteiger partial charge in [0.25, 0.3) is 10.1 Å². The number of ether oxygens (including phenoxy) is 4. The Hall–Kier alpha value is -2.65. The van der Waals surface area contributed by atoms with Crippen LogP contribution in [-0.2, 0) is 38.7 Å². The van der Waals surface area contributed by atoms with Crippen molar-refractivity contribution >= 4 is 22.1 Å². The summed E-state index contributed by atoms with van der Waals surface area (Å²) in [4.78, 5) is 25.5. The monoisotopic (exact) mass is 953 g/mol. The van der Waals surface area contributed by atoms with Gasteiger partial charge in [-0.25, -0.2) is 0 Å². The van der Waals surface area contributed by atoms with Gasteiger partial charge >= 0.3 is 11.9 Å². The Morgan fingerprint density at radius 3 is 1.44 bits per heavy atom. The lowest BCUT2D eigenvalue weighted by molar-refractivity contribution is -0.297. The van der Waals surface area contributed by atoms with Crippen LogP contribution in [0.5, 0.6) is 0 Å². The van der Waals surface area contributed by atoms with Crippen molar-refractivity contribution in [2.24, 2.45) is 0 Å². The highest BCUT2D eigenvalue weighted by Gasteiger charge is 2.46. The summed E-state index contributed by atoms with van der Waals surface area (Å²) in [5.74, 6) is -2.02. The lowest BCUT2D eigenvalue weighted by Gasteiger charge is -2.40. The van der Waals surface area contributed by atoms with Crippen molar-refractivity contribution in [3.05, 3.63) is 60.8 Å². The van der Waals surface area contributed by atoms with Crippen molar-refractivity contribution in [1.82, 2.24) is 0 Å². The van der Waals surface area contributed by atoms with Gasteiger partial charge in [0.15, 0.2) is 12.4 Å². The van der Waals surface area contributed by atoms with Gasteiger partial charge in [-0.05, 0) is 77.0 Å². The molecule has 1 heterocycles. The van der Waals surface area contributed by atoms with E-state index in [9.17, 15) is 37.9 Å². The highest BCUT2D eigenvalue weighted by atomic mass is 32.2. The molecule has 0 aliphatic carbocycles. The highest BCUT2D eigenvalue weighted by molar-refractivity contribution is 7.85. The molecular weight excluding hydrogens is 861 g/mol.